The Hall–Kier alpha value is -3.34. The number of carbonyl (C=O) groups is 1. The van der Waals surface area contributed by atoms with E-state index in [0.29, 0.717) is 28.2 Å². The first kappa shape index (κ1) is 16.8. The predicted octanol–water partition coefficient (Wildman–Crippen LogP) is 5.17. The van der Waals surface area contributed by atoms with Crippen LogP contribution in [-0.2, 0) is 4.79 Å². The summed E-state index contributed by atoms with van der Waals surface area (Å²) >= 11 is 0. The monoisotopic (exact) mass is 373 g/mol. The Morgan fingerprint density at radius 1 is 1.04 bits per heavy atom. The summed E-state index contributed by atoms with van der Waals surface area (Å²) in [6.45, 7) is 3.91. The molecule has 1 fully saturated rings. The molecule has 2 heterocycles. The zero-order valence-corrected chi connectivity index (χ0v) is 15.7. The number of amides is 1. The average molecular weight is 373 g/mol. The number of hydrogen-bond acceptors (Lipinski definition) is 4. The third-order valence-corrected chi connectivity index (χ3v) is 5.47. The van der Waals surface area contributed by atoms with Gasteiger partial charge >= 0.3 is 5.63 Å². The molecule has 0 saturated heterocycles. The topological polar surface area (TPSA) is 72.5 Å². The van der Waals surface area contributed by atoms with Gasteiger partial charge in [-0.15, -0.1) is 0 Å². The zero-order valence-electron chi connectivity index (χ0n) is 15.7. The van der Waals surface area contributed by atoms with E-state index in [1.807, 2.05) is 50.2 Å². The average Bonchev–Trinajstić information content (AvgIpc) is 3.48. The van der Waals surface area contributed by atoms with Crippen molar-refractivity contribution in [2.45, 2.75) is 26.7 Å². The number of anilines is 1. The maximum Gasteiger partial charge on any atom is 0.336 e. The highest BCUT2D eigenvalue weighted by Gasteiger charge is 2.31. The second-order valence-electron chi connectivity index (χ2n) is 7.43. The molecule has 0 bridgehead atoms. The number of aryl methyl sites for hydroxylation is 2. The van der Waals surface area contributed by atoms with Crippen molar-refractivity contribution in [3.63, 3.8) is 0 Å². The molecule has 4 aromatic rings. The smallest absolute Gasteiger partial charge is 0.336 e. The molecule has 2 aromatic carbocycles. The normalized spacial score (nSPS) is 13.9. The van der Waals surface area contributed by atoms with E-state index in [4.69, 9.17) is 8.83 Å². The van der Waals surface area contributed by atoms with Gasteiger partial charge in [0.1, 0.15) is 11.2 Å². The summed E-state index contributed by atoms with van der Waals surface area (Å²) in [4.78, 5) is 24.8. The molecule has 28 heavy (non-hydrogen) atoms. The number of furan rings is 1. The molecule has 0 spiro atoms. The van der Waals surface area contributed by atoms with Gasteiger partial charge in [-0.1, -0.05) is 24.3 Å². The zero-order chi connectivity index (χ0) is 19.4. The third-order valence-electron chi connectivity index (χ3n) is 5.47. The van der Waals surface area contributed by atoms with Crippen molar-refractivity contribution in [1.29, 1.82) is 0 Å². The van der Waals surface area contributed by atoms with Gasteiger partial charge in [0.15, 0.2) is 5.76 Å². The van der Waals surface area contributed by atoms with Gasteiger partial charge in [0.2, 0.25) is 5.91 Å². The molecule has 1 N–H and O–H groups in total. The molecule has 0 aliphatic heterocycles. The molecule has 5 nitrogen and oxygen atoms in total. The van der Waals surface area contributed by atoms with Crippen LogP contribution in [0.25, 0.3) is 33.3 Å². The quantitative estimate of drug-likeness (QED) is 0.503. The van der Waals surface area contributed by atoms with Gasteiger partial charge in [-0.3, -0.25) is 4.79 Å². The minimum atomic E-state index is -0.448. The first-order valence-electron chi connectivity index (χ1n) is 9.40. The minimum Gasteiger partial charge on any atom is -0.454 e. The molecular weight excluding hydrogens is 354 g/mol. The van der Waals surface area contributed by atoms with E-state index >= 15 is 0 Å². The van der Waals surface area contributed by atoms with E-state index in [2.05, 4.69) is 5.32 Å². The highest BCUT2D eigenvalue weighted by Crippen LogP contribution is 2.42. The highest BCUT2D eigenvalue weighted by molar-refractivity contribution is 6.10. The minimum absolute atomic E-state index is 0.00732. The van der Waals surface area contributed by atoms with Gasteiger partial charge in [0.25, 0.3) is 0 Å². The van der Waals surface area contributed by atoms with E-state index in [-0.39, 0.29) is 11.8 Å². The summed E-state index contributed by atoms with van der Waals surface area (Å²) in [6, 6.07) is 12.9. The van der Waals surface area contributed by atoms with Crippen LogP contribution in [0.1, 0.15) is 24.0 Å². The van der Waals surface area contributed by atoms with Crippen molar-refractivity contribution in [2.75, 3.05) is 5.32 Å². The molecule has 1 amide bonds. The van der Waals surface area contributed by atoms with Gasteiger partial charge in [-0.2, -0.15) is 0 Å². The molecule has 1 aliphatic carbocycles. The number of para-hydroxylation sites is 1. The maximum atomic E-state index is 12.5. The van der Waals surface area contributed by atoms with Crippen LogP contribution < -0.4 is 10.9 Å². The largest absolute Gasteiger partial charge is 0.454 e. The van der Waals surface area contributed by atoms with Crippen LogP contribution in [0.4, 0.5) is 5.69 Å². The Labute approximate surface area is 161 Å². The van der Waals surface area contributed by atoms with Crippen molar-refractivity contribution in [3.8, 4) is 11.3 Å². The lowest BCUT2D eigenvalue weighted by Crippen LogP contribution is -2.13. The number of benzene rings is 2. The van der Waals surface area contributed by atoms with E-state index in [0.717, 1.165) is 34.7 Å². The summed E-state index contributed by atoms with van der Waals surface area (Å²) in [5, 5.41) is 4.64. The van der Waals surface area contributed by atoms with Crippen molar-refractivity contribution in [1.82, 2.24) is 0 Å². The van der Waals surface area contributed by atoms with E-state index in [9.17, 15) is 9.59 Å². The number of fused-ring (bicyclic) bond motifs is 2. The maximum absolute atomic E-state index is 12.5. The summed E-state index contributed by atoms with van der Waals surface area (Å²) in [7, 11) is 0. The summed E-state index contributed by atoms with van der Waals surface area (Å²) in [5.41, 5.74) is 3.94. The molecule has 0 unspecified atom stereocenters. The summed E-state index contributed by atoms with van der Waals surface area (Å²) in [5.74, 6) is 0.535. The van der Waals surface area contributed by atoms with E-state index in [1.165, 1.54) is 6.07 Å². The van der Waals surface area contributed by atoms with E-state index in [1.54, 1.807) is 0 Å². The third kappa shape index (κ3) is 2.62. The Morgan fingerprint density at radius 2 is 1.82 bits per heavy atom. The Morgan fingerprint density at radius 3 is 2.61 bits per heavy atom. The number of carbonyl (C=O) groups excluding carboxylic acids is 1. The van der Waals surface area contributed by atoms with Crippen LogP contribution in [0.2, 0.25) is 0 Å². The van der Waals surface area contributed by atoms with Crippen molar-refractivity contribution in [3.05, 3.63) is 64.0 Å². The standard InChI is InChI=1S/C23H19NO4/c1-12-7-10-15-17(11-19(25)28-21(15)13(12)2)22-20(24-23(26)14-8-9-14)16-5-3-4-6-18(16)27-22/h3-7,10-11,14H,8-9H2,1-2H3,(H,24,26). The Kier molecular flexibility index (Phi) is 3.66. The summed E-state index contributed by atoms with van der Waals surface area (Å²) in [6.07, 6.45) is 1.82. The fourth-order valence-electron chi connectivity index (χ4n) is 3.58. The predicted molar refractivity (Wildman–Crippen MR) is 109 cm³/mol. The van der Waals surface area contributed by atoms with Crippen molar-refractivity contribution < 1.29 is 13.6 Å². The van der Waals surface area contributed by atoms with Crippen LogP contribution in [0, 0.1) is 19.8 Å². The Bertz CT molecular complexity index is 1310. The molecule has 140 valence electrons. The fourth-order valence-corrected chi connectivity index (χ4v) is 3.58. The lowest BCUT2D eigenvalue weighted by molar-refractivity contribution is -0.117. The van der Waals surface area contributed by atoms with Crippen LogP contribution in [0.5, 0.6) is 0 Å². The molecule has 5 heteroatoms. The van der Waals surface area contributed by atoms with Gasteiger partial charge < -0.3 is 14.2 Å². The van der Waals surface area contributed by atoms with Gasteiger partial charge in [-0.05, 0) is 49.9 Å². The van der Waals surface area contributed by atoms with Gasteiger partial charge in [-0.25, -0.2) is 4.79 Å². The summed E-state index contributed by atoms with van der Waals surface area (Å²) < 4.78 is 11.6. The molecule has 5 rings (SSSR count). The molecular formula is C23H19NO4. The van der Waals surface area contributed by atoms with Gasteiger partial charge in [0.05, 0.1) is 5.69 Å². The number of nitrogens with one attached hydrogen (secondary N) is 1. The molecule has 0 radical (unpaired) electrons. The number of hydrogen-bond donors (Lipinski definition) is 1. The second-order valence-corrected chi connectivity index (χ2v) is 7.43. The van der Waals surface area contributed by atoms with Crippen LogP contribution in [-0.4, -0.2) is 5.91 Å². The SMILES string of the molecule is Cc1ccc2c(-c3oc4ccccc4c3NC(=O)C3CC3)cc(=O)oc2c1C. The number of rotatable bonds is 3. The second kappa shape index (κ2) is 6.09. The van der Waals surface area contributed by atoms with Crippen LogP contribution >= 0.6 is 0 Å². The first-order valence-corrected chi connectivity index (χ1v) is 9.40. The van der Waals surface area contributed by atoms with Crippen molar-refractivity contribution >= 4 is 33.5 Å². The van der Waals surface area contributed by atoms with Gasteiger partial charge in [0, 0.05) is 28.3 Å². The Balaban J connectivity index is 1.81. The molecule has 1 aliphatic rings. The van der Waals surface area contributed by atoms with Crippen molar-refractivity contribution in [2.24, 2.45) is 5.92 Å². The first-order chi connectivity index (χ1) is 13.5. The van der Waals surface area contributed by atoms with E-state index < -0.39 is 5.63 Å². The molecule has 1 saturated carbocycles. The lowest BCUT2D eigenvalue weighted by atomic mass is 10.0. The molecule has 2 aromatic heterocycles. The fraction of sp³-hybridized carbons (Fsp3) is 0.217. The van der Waals surface area contributed by atoms with Crippen LogP contribution in [0.3, 0.4) is 0 Å². The van der Waals surface area contributed by atoms with Crippen LogP contribution in [0.15, 0.2) is 56.1 Å². The lowest BCUT2D eigenvalue weighted by Gasteiger charge is -2.10. The molecule has 0 atom stereocenters. The highest BCUT2D eigenvalue weighted by atomic mass is 16.4.